The van der Waals surface area contributed by atoms with E-state index in [4.69, 9.17) is 9.47 Å². The van der Waals surface area contributed by atoms with Crippen LogP contribution in [0.25, 0.3) is 0 Å². The SMILES string of the molecule is CC/C=C\C/C=C\C/C=C\C/C=C\C/C=C\C/C=C\CCCCCCCCCCCCCCC(=O)NC(COC1OC(CO)C(O)C(O)C1O)C(O)CCCCC. The number of amides is 1. The molecule has 0 aromatic carbocycles. The minimum Gasteiger partial charge on any atom is -0.394 e. The first-order valence-corrected chi connectivity index (χ1v) is 22.6. The Bertz CT molecular complexity index is 1120. The van der Waals surface area contributed by atoms with Crippen LogP contribution in [-0.4, -0.2) is 87.5 Å². The van der Waals surface area contributed by atoms with E-state index in [1.165, 1.54) is 64.2 Å². The van der Waals surface area contributed by atoms with Gasteiger partial charge in [-0.1, -0.05) is 170 Å². The van der Waals surface area contributed by atoms with Gasteiger partial charge in [-0.25, -0.2) is 0 Å². The van der Waals surface area contributed by atoms with E-state index in [1.54, 1.807) is 0 Å². The summed E-state index contributed by atoms with van der Waals surface area (Å²) in [4.78, 5) is 12.8. The van der Waals surface area contributed by atoms with Crippen molar-refractivity contribution in [1.82, 2.24) is 5.32 Å². The predicted molar refractivity (Wildman–Crippen MR) is 235 cm³/mol. The second-order valence-electron chi connectivity index (χ2n) is 15.5. The molecule has 9 heteroatoms. The number of hydrogen-bond acceptors (Lipinski definition) is 8. The van der Waals surface area contributed by atoms with Crippen molar-refractivity contribution in [2.75, 3.05) is 13.2 Å². The zero-order valence-electron chi connectivity index (χ0n) is 35.8. The van der Waals surface area contributed by atoms with Gasteiger partial charge in [0, 0.05) is 6.42 Å². The van der Waals surface area contributed by atoms with E-state index in [9.17, 15) is 30.3 Å². The van der Waals surface area contributed by atoms with E-state index < -0.39 is 49.5 Å². The number of aliphatic hydroxyl groups is 5. The Labute approximate surface area is 347 Å². The fourth-order valence-electron chi connectivity index (χ4n) is 6.69. The van der Waals surface area contributed by atoms with Gasteiger partial charge in [-0.3, -0.25) is 4.79 Å². The van der Waals surface area contributed by atoms with Crippen molar-refractivity contribution in [1.29, 1.82) is 0 Å². The van der Waals surface area contributed by atoms with E-state index in [0.717, 1.165) is 77.0 Å². The molecule has 0 aromatic heterocycles. The van der Waals surface area contributed by atoms with Crippen LogP contribution in [0.2, 0.25) is 0 Å². The number of aliphatic hydroxyl groups excluding tert-OH is 5. The summed E-state index contributed by atoms with van der Waals surface area (Å²) >= 11 is 0. The molecule has 0 aliphatic carbocycles. The highest BCUT2D eigenvalue weighted by molar-refractivity contribution is 5.76. The Balaban J connectivity index is 2.05. The molecule has 0 aromatic rings. The molecule has 0 radical (unpaired) electrons. The van der Waals surface area contributed by atoms with E-state index in [1.807, 2.05) is 0 Å². The zero-order chi connectivity index (χ0) is 41.6. The summed E-state index contributed by atoms with van der Waals surface area (Å²) in [6.45, 7) is 3.53. The monoisotopic (exact) mass is 802 g/mol. The quantitative estimate of drug-likeness (QED) is 0.0271. The Morgan fingerprint density at radius 1 is 0.614 bits per heavy atom. The molecule has 1 fully saturated rings. The van der Waals surface area contributed by atoms with Crippen molar-refractivity contribution in [3.63, 3.8) is 0 Å². The second-order valence-corrected chi connectivity index (χ2v) is 15.5. The van der Waals surface area contributed by atoms with E-state index >= 15 is 0 Å². The van der Waals surface area contributed by atoms with Crippen LogP contribution in [0.3, 0.4) is 0 Å². The Morgan fingerprint density at radius 2 is 1.09 bits per heavy atom. The minimum atomic E-state index is -1.55. The molecular formula is C48H83NO8. The van der Waals surface area contributed by atoms with Crippen LogP contribution in [0.4, 0.5) is 0 Å². The van der Waals surface area contributed by atoms with Gasteiger partial charge in [-0.15, -0.1) is 0 Å². The van der Waals surface area contributed by atoms with Gasteiger partial charge in [0.2, 0.25) is 5.91 Å². The third kappa shape index (κ3) is 28.7. The average Bonchev–Trinajstić information content (AvgIpc) is 3.21. The lowest BCUT2D eigenvalue weighted by molar-refractivity contribution is -0.302. The largest absolute Gasteiger partial charge is 0.394 e. The number of ether oxygens (including phenoxy) is 2. The Morgan fingerprint density at radius 3 is 1.58 bits per heavy atom. The number of rotatable bonds is 36. The minimum absolute atomic E-state index is 0.147. The van der Waals surface area contributed by atoms with Crippen molar-refractivity contribution in [3.8, 4) is 0 Å². The van der Waals surface area contributed by atoms with Gasteiger partial charge in [0.1, 0.15) is 24.4 Å². The molecule has 1 amide bonds. The summed E-state index contributed by atoms with van der Waals surface area (Å²) in [7, 11) is 0. The number of hydrogen-bond donors (Lipinski definition) is 6. The van der Waals surface area contributed by atoms with Gasteiger partial charge in [0.25, 0.3) is 0 Å². The van der Waals surface area contributed by atoms with Crippen LogP contribution < -0.4 is 5.32 Å². The number of unbranched alkanes of at least 4 members (excludes halogenated alkanes) is 14. The lowest BCUT2D eigenvalue weighted by Crippen LogP contribution is -2.60. The molecule has 1 saturated heterocycles. The third-order valence-electron chi connectivity index (χ3n) is 10.3. The van der Waals surface area contributed by atoms with Gasteiger partial charge in [0.15, 0.2) is 6.29 Å². The molecule has 7 atom stereocenters. The summed E-state index contributed by atoms with van der Waals surface area (Å²) in [6, 6.07) is -0.718. The number of nitrogens with one attached hydrogen (secondary N) is 1. The summed E-state index contributed by atoms with van der Waals surface area (Å²) in [5, 5.41) is 53.5. The molecule has 1 aliphatic heterocycles. The van der Waals surface area contributed by atoms with Gasteiger partial charge >= 0.3 is 0 Å². The number of carbonyl (C=O) groups is 1. The smallest absolute Gasteiger partial charge is 0.220 e. The molecule has 1 heterocycles. The maximum Gasteiger partial charge on any atom is 0.220 e. The summed E-state index contributed by atoms with van der Waals surface area (Å²) in [5.41, 5.74) is 0. The van der Waals surface area contributed by atoms with Crippen LogP contribution in [0.5, 0.6) is 0 Å². The molecule has 1 rings (SSSR count). The topological polar surface area (TPSA) is 149 Å². The number of allylic oxidation sites excluding steroid dienone is 12. The van der Waals surface area contributed by atoms with Gasteiger partial charge < -0.3 is 40.3 Å². The van der Waals surface area contributed by atoms with E-state index in [0.29, 0.717) is 12.8 Å². The van der Waals surface area contributed by atoms with Gasteiger partial charge in [0.05, 0.1) is 25.4 Å². The van der Waals surface area contributed by atoms with Crippen LogP contribution in [-0.2, 0) is 14.3 Å². The molecular weight excluding hydrogens is 719 g/mol. The number of carbonyl (C=O) groups excluding carboxylic acids is 1. The summed E-state index contributed by atoms with van der Waals surface area (Å²) < 4.78 is 11.1. The van der Waals surface area contributed by atoms with Crippen LogP contribution in [0.15, 0.2) is 72.9 Å². The standard InChI is InChI=1S/C48H83NO8/c1-3-5-7-8-9-10-11-12-13-14-15-16-17-18-19-20-21-22-23-24-25-26-27-28-29-30-31-32-33-34-36-38-44(52)49-41(42(51)37-35-6-4-2)40-56-48-47(55)46(54)45(53)43(39-50)57-48/h5,7,9-10,12-13,15-16,18-19,21-22,41-43,45-48,50-51,53-55H,3-4,6,8,11,14,17,20,23-40H2,1-2H3,(H,49,52)/b7-5-,10-9-,13-12-,16-15-,19-18-,22-21-. The molecule has 6 N–H and O–H groups in total. The maximum absolute atomic E-state index is 12.8. The molecule has 1 aliphatic rings. The van der Waals surface area contributed by atoms with Crippen LogP contribution >= 0.6 is 0 Å². The first-order chi connectivity index (χ1) is 27.8. The second kappa shape index (κ2) is 37.9. The third-order valence-corrected chi connectivity index (χ3v) is 10.3. The molecule has 57 heavy (non-hydrogen) atoms. The zero-order valence-corrected chi connectivity index (χ0v) is 35.8. The van der Waals surface area contributed by atoms with Crippen molar-refractivity contribution in [3.05, 3.63) is 72.9 Å². The predicted octanol–water partition coefficient (Wildman–Crippen LogP) is 9.39. The normalized spacial score (nSPS) is 21.7. The molecule has 328 valence electrons. The van der Waals surface area contributed by atoms with Crippen molar-refractivity contribution in [2.45, 2.75) is 211 Å². The van der Waals surface area contributed by atoms with Crippen molar-refractivity contribution in [2.24, 2.45) is 0 Å². The Hall–Kier alpha value is -2.37. The van der Waals surface area contributed by atoms with Crippen LogP contribution in [0.1, 0.15) is 168 Å². The molecule has 0 spiro atoms. The average molecular weight is 802 g/mol. The molecule has 0 saturated carbocycles. The lowest BCUT2D eigenvalue weighted by atomic mass is 9.99. The van der Waals surface area contributed by atoms with Gasteiger partial charge in [-0.2, -0.15) is 0 Å². The molecule has 7 unspecified atom stereocenters. The van der Waals surface area contributed by atoms with Crippen LogP contribution in [0, 0.1) is 0 Å². The summed E-state index contributed by atoms with van der Waals surface area (Å²) in [5.74, 6) is -0.163. The lowest BCUT2D eigenvalue weighted by Gasteiger charge is -2.40. The highest BCUT2D eigenvalue weighted by Gasteiger charge is 2.44. The van der Waals surface area contributed by atoms with Crippen molar-refractivity contribution < 1.29 is 39.8 Å². The fourth-order valence-corrected chi connectivity index (χ4v) is 6.69. The summed E-state index contributed by atoms with van der Waals surface area (Å²) in [6.07, 6.45) is 44.4. The highest BCUT2D eigenvalue weighted by atomic mass is 16.7. The first kappa shape index (κ1) is 52.6. The highest BCUT2D eigenvalue weighted by Crippen LogP contribution is 2.23. The fraction of sp³-hybridized carbons (Fsp3) is 0.729. The molecule has 0 bridgehead atoms. The van der Waals surface area contributed by atoms with E-state index in [2.05, 4.69) is 92.1 Å². The maximum atomic E-state index is 12.8. The molecule has 9 nitrogen and oxygen atoms in total. The van der Waals surface area contributed by atoms with Gasteiger partial charge in [-0.05, 0) is 64.2 Å². The Kier molecular flexibility index (Phi) is 35.0. The first-order valence-electron chi connectivity index (χ1n) is 22.6. The van der Waals surface area contributed by atoms with E-state index in [-0.39, 0.29) is 12.5 Å². The van der Waals surface area contributed by atoms with Crippen molar-refractivity contribution >= 4 is 5.91 Å².